The Labute approximate surface area is 78.8 Å². The van der Waals surface area contributed by atoms with Gasteiger partial charge >= 0.3 is 0 Å². The number of aromatic nitrogens is 1. The fourth-order valence-electron chi connectivity index (χ4n) is 1.21. The van der Waals surface area contributed by atoms with E-state index in [1.807, 2.05) is 19.2 Å². The van der Waals surface area contributed by atoms with E-state index in [1.165, 1.54) is 5.56 Å². The van der Waals surface area contributed by atoms with Crippen molar-refractivity contribution in [1.29, 1.82) is 0 Å². The number of pyridine rings is 1. The van der Waals surface area contributed by atoms with E-state index in [-0.39, 0.29) is 6.61 Å². The van der Waals surface area contributed by atoms with Crippen LogP contribution in [-0.2, 0) is 6.42 Å². The predicted molar refractivity (Wildman–Crippen MR) is 53.8 cm³/mol. The van der Waals surface area contributed by atoms with E-state index < -0.39 is 0 Å². The molecule has 0 unspecified atom stereocenters. The monoisotopic (exact) mass is 180 g/mol. The van der Waals surface area contributed by atoms with Gasteiger partial charge in [0.05, 0.1) is 0 Å². The van der Waals surface area contributed by atoms with E-state index in [0.717, 1.165) is 25.1 Å². The van der Waals surface area contributed by atoms with Crippen LogP contribution in [0.5, 0.6) is 0 Å². The third kappa shape index (κ3) is 3.42. The topological polar surface area (TPSA) is 45.1 Å². The highest BCUT2D eigenvalue weighted by Gasteiger charge is 1.95. The molecule has 3 heteroatoms. The van der Waals surface area contributed by atoms with Gasteiger partial charge in [0.25, 0.3) is 0 Å². The van der Waals surface area contributed by atoms with Crippen LogP contribution in [0.1, 0.15) is 18.4 Å². The molecule has 72 valence electrons. The second-order valence-electron chi connectivity index (χ2n) is 2.98. The van der Waals surface area contributed by atoms with Crippen molar-refractivity contribution in [3.63, 3.8) is 0 Å². The van der Waals surface area contributed by atoms with Gasteiger partial charge in [0.2, 0.25) is 0 Å². The van der Waals surface area contributed by atoms with Gasteiger partial charge in [0.15, 0.2) is 0 Å². The molecule has 1 heterocycles. The first kappa shape index (κ1) is 9.99. The summed E-state index contributed by atoms with van der Waals surface area (Å²) in [6.45, 7) is 0.282. The van der Waals surface area contributed by atoms with Crippen molar-refractivity contribution in [2.24, 2.45) is 0 Å². The van der Waals surface area contributed by atoms with Crippen LogP contribution >= 0.6 is 0 Å². The smallest absolute Gasteiger partial charge is 0.125 e. The quantitative estimate of drug-likeness (QED) is 0.674. The van der Waals surface area contributed by atoms with Crippen LogP contribution in [0.2, 0.25) is 0 Å². The van der Waals surface area contributed by atoms with Crippen molar-refractivity contribution in [2.45, 2.75) is 19.3 Å². The molecule has 0 aliphatic carbocycles. The molecular weight excluding hydrogens is 164 g/mol. The van der Waals surface area contributed by atoms with Crippen LogP contribution in [0.4, 0.5) is 5.82 Å². The van der Waals surface area contributed by atoms with E-state index in [4.69, 9.17) is 5.11 Å². The third-order valence-electron chi connectivity index (χ3n) is 1.95. The van der Waals surface area contributed by atoms with Crippen molar-refractivity contribution in [3.8, 4) is 0 Å². The molecule has 0 aliphatic rings. The minimum Gasteiger partial charge on any atom is -0.396 e. The Morgan fingerprint density at radius 1 is 1.46 bits per heavy atom. The largest absolute Gasteiger partial charge is 0.396 e. The lowest BCUT2D eigenvalue weighted by Gasteiger charge is -2.02. The van der Waals surface area contributed by atoms with Gasteiger partial charge in [0.1, 0.15) is 5.82 Å². The van der Waals surface area contributed by atoms with Crippen LogP contribution in [0, 0.1) is 0 Å². The molecule has 0 amide bonds. The maximum atomic E-state index is 8.62. The number of unbranched alkanes of at least 4 members (excludes halogenated alkanes) is 1. The van der Waals surface area contributed by atoms with Gasteiger partial charge in [-0.3, -0.25) is 0 Å². The minimum atomic E-state index is 0.282. The highest BCUT2D eigenvalue weighted by Crippen LogP contribution is 2.08. The second kappa shape index (κ2) is 5.54. The zero-order valence-electron chi connectivity index (χ0n) is 7.95. The predicted octanol–water partition coefficient (Wildman–Crippen LogP) is 1.44. The number of nitrogens with zero attached hydrogens (tertiary/aromatic N) is 1. The van der Waals surface area contributed by atoms with Crippen molar-refractivity contribution in [1.82, 2.24) is 4.98 Å². The fraction of sp³-hybridized carbons (Fsp3) is 0.500. The molecule has 0 spiro atoms. The summed E-state index contributed by atoms with van der Waals surface area (Å²) < 4.78 is 0. The molecule has 1 aromatic rings. The summed E-state index contributed by atoms with van der Waals surface area (Å²) in [5.74, 6) is 0.904. The van der Waals surface area contributed by atoms with Crippen molar-refractivity contribution < 1.29 is 5.11 Å². The van der Waals surface area contributed by atoms with Gasteiger partial charge in [-0.2, -0.15) is 0 Å². The molecule has 3 nitrogen and oxygen atoms in total. The Bertz CT molecular complexity index is 250. The van der Waals surface area contributed by atoms with Crippen molar-refractivity contribution >= 4 is 5.82 Å². The number of aryl methyl sites for hydroxylation is 1. The molecule has 0 radical (unpaired) electrons. The highest BCUT2D eigenvalue weighted by molar-refractivity contribution is 5.36. The number of aliphatic hydroxyl groups excluding tert-OH is 1. The Kier molecular flexibility index (Phi) is 4.26. The number of hydrogen-bond donors (Lipinski definition) is 2. The molecule has 0 atom stereocenters. The van der Waals surface area contributed by atoms with Gasteiger partial charge in [-0.15, -0.1) is 0 Å². The summed E-state index contributed by atoms with van der Waals surface area (Å²) >= 11 is 0. The highest BCUT2D eigenvalue weighted by atomic mass is 16.2. The Balaban J connectivity index is 2.46. The first-order valence-corrected chi connectivity index (χ1v) is 4.60. The van der Waals surface area contributed by atoms with Crippen LogP contribution in [0.3, 0.4) is 0 Å². The molecule has 0 bridgehead atoms. The SMILES string of the molecule is CNc1cc(CCCCO)ccn1. The molecule has 1 aromatic heterocycles. The lowest BCUT2D eigenvalue weighted by Crippen LogP contribution is -1.94. The summed E-state index contributed by atoms with van der Waals surface area (Å²) in [6, 6.07) is 4.05. The van der Waals surface area contributed by atoms with Crippen LogP contribution < -0.4 is 5.32 Å². The summed E-state index contributed by atoms with van der Waals surface area (Å²) in [7, 11) is 1.86. The van der Waals surface area contributed by atoms with E-state index >= 15 is 0 Å². The maximum Gasteiger partial charge on any atom is 0.125 e. The lowest BCUT2D eigenvalue weighted by molar-refractivity contribution is 0.284. The van der Waals surface area contributed by atoms with Gasteiger partial charge in [-0.05, 0) is 37.0 Å². The minimum absolute atomic E-state index is 0.282. The first-order chi connectivity index (χ1) is 6.36. The molecular formula is C10H16N2O. The Morgan fingerprint density at radius 2 is 2.31 bits per heavy atom. The van der Waals surface area contributed by atoms with E-state index in [9.17, 15) is 0 Å². The summed E-state index contributed by atoms with van der Waals surface area (Å²) in [5, 5.41) is 11.6. The molecule has 0 aliphatic heterocycles. The maximum absolute atomic E-state index is 8.62. The molecule has 0 aromatic carbocycles. The van der Waals surface area contributed by atoms with Gasteiger partial charge in [0, 0.05) is 19.9 Å². The van der Waals surface area contributed by atoms with Crippen LogP contribution in [0.25, 0.3) is 0 Å². The number of hydrogen-bond acceptors (Lipinski definition) is 3. The van der Waals surface area contributed by atoms with Crippen LogP contribution in [0.15, 0.2) is 18.3 Å². The zero-order chi connectivity index (χ0) is 9.52. The van der Waals surface area contributed by atoms with Crippen molar-refractivity contribution in [3.05, 3.63) is 23.9 Å². The summed E-state index contributed by atoms with van der Waals surface area (Å²) in [4.78, 5) is 4.13. The second-order valence-corrected chi connectivity index (χ2v) is 2.98. The van der Waals surface area contributed by atoms with Crippen LogP contribution in [-0.4, -0.2) is 23.7 Å². The normalized spacial score (nSPS) is 10.0. The number of anilines is 1. The average Bonchev–Trinajstić information content (AvgIpc) is 2.19. The first-order valence-electron chi connectivity index (χ1n) is 4.60. The van der Waals surface area contributed by atoms with Gasteiger partial charge in [-0.1, -0.05) is 0 Å². The van der Waals surface area contributed by atoms with E-state index in [2.05, 4.69) is 10.3 Å². The van der Waals surface area contributed by atoms with Gasteiger partial charge < -0.3 is 10.4 Å². The van der Waals surface area contributed by atoms with Gasteiger partial charge in [-0.25, -0.2) is 4.98 Å². The van der Waals surface area contributed by atoms with E-state index in [1.54, 1.807) is 6.20 Å². The molecule has 0 saturated heterocycles. The third-order valence-corrected chi connectivity index (χ3v) is 1.95. The van der Waals surface area contributed by atoms with Crippen molar-refractivity contribution in [2.75, 3.05) is 19.0 Å². The number of aliphatic hydroxyl groups is 1. The molecule has 13 heavy (non-hydrogen) atoms. The fourth-order valence-corrected chi connectivity index (χ4v) is 1.21. The van der Waals surface area contributed by atoms with E-state index in [0.29, 0.717) is 0 Å². The molecule has 0 fully saturated rings. The standard InChI is InChI=1S/C10H16N2O/c1-11-10-8-9(5-6-12-10)4-2-3-7-13/h5-6,8,13H,2-4,7H2,1H3,(H,11,12). The molecule has 2 N–H and O–H groups in total. The zero-order valence-corrected chi connectivity index (χ0v) is 7.95. The molecule has 0 saturated carbocycles. The summed E-state index contributed by atoms with van der Waals surface area (Å²) in [6.07, 6.45) is 4.72. The summed E-state index contributed by atoms with van der Waals surface area (Å²) in [5.41, 5.74) is 1.27. The average molecular weight is 180 g/mol. The Hall–Kier alpha value is -1.09. The lowest BCUT2D eigenvalue weighted by atomic mass is 10.1. The number of rotatable bonds is 5. The molecule has 1 rings (SSSR count). The number of nitrogens with one attached hydrogen (secondary N) is 1. The Morgan fingerprint density at radius 3 is 3.00 bits per heavy atom.